The molecule has 0 saturated carbocycles. The van der Waals surface area contributed by atoms with Crippen LogP contribution in [0.25, 0.3) is 10.9 Å². The molecule has 23 heavy (non-hydrogen) atoms. The van der Waals surface area contributed by atoms with Gasteiger partial charge < -0.3 is 9.80 Å². The van der Waals surface area contributed by atoms with Gasteiger partial charge in [0.2, 0.25) is 0 Å². The van der Waals surface area contributed by atoms with Crippen molar-refractivity contribution >= 4 is 22.5 Å². The van der Waals surface area contributed by atoms with Gasteiger partial charge in [0.15, 0.2) is 5.69 Å². The van der Waals surface area contributed by atoms with E-state index in [0.29, 0.717) is 18.8 Å². The van der Waals surface area contributed by atoms with Gasteiger partial charge in [-0.25, -0.2) is 0 Å². The SMILES string of the molecule is O=C(c1n[nH]c2ccccc12)N1CCN(c2ccncc2)CC1. The lowest BCUT2D eigenvalue weighted by Gasteiger charge is -2.35. The quantitative estimate of drug-likeness (QED) is 0.785. The molecule has 116 valence electrons. The topological polar surface area (TPSA) is 65.1 Å². The number of rotatable bonds is 2. The molecule has 1 aliphatic rings. The molecule has 1 fully saturated rings. The number of benzene rings is 1. The monoisotopic (exact) mass is 307 g/mol. The summed E-state index contributed by atoms with van der Waals surface area (Å²) in [4.78, 5) is 20.9. The van der Waals surface area contributed by atoms with E-state index in [1.807, 2.05) is 41.3 Å². The van der Waals surface area contributed by atoms with Crippen molar-refractivity contribution in [3.63, 3.8) is 0 Å². The van der Waals surface area contributed by atoms with Crippen LogP contribution < -0.4 is 4.90 Å². The van der Waals surface area contributed by atoms with Crippen molar-refractivity contribution in [2.75, 3.05) is 31.1 Å². The number of pyridine rings is 1. The van der Waals surface area contributed by atoms with E-state index in [1.54, 1.807) is 12.4 Å². The molecule has 6 heteroatoms. The molecule has 4 rings (SSSR count). The van der Waals surface area contributed by atoms with Gasteiger partial charge in [0, 0.05) is 49.6 Å². The maximum absolute atomic E-state index is 12.7. The molecule has 2 aromatic heterocycles. The van der Waals surface area contributed by atoms with Crippen LogP contribution in [0, 0.1) is 0 Å². The Labute approximate surface area is 133 Å². The van der Waals surface area contributed by atoms with E-state index in [0.717, 1.165) is 29.7 Å². The molecule has 3 heterocycles. The van der Waals surface area contributed by atoms with E-state index >= 15 is 0 Å². The third-order valence-electron chi connectivity index (χ3n) is 4.27. The molecule has 1 aliphatic heterocycles. The van der Waals surface area contributed by atoms with E-state index in [2.05, 4.69) is 20.1 Å². The highest BCUT2D eigenvalue weighted by Crippen LogP contribution is 2.19. The second-order valence-corrected chi connectivity index (χ2v) is 5.60. The number of para-hydroxylation sites is 1. The van der Waals surface area contributed by atoms with Crippen LogP contribution in [0.5, 0.6) is 0 Å². The first-order valence-corrected chi connectivity index (χ1v) is 7.70. The third kappa shape index (κ3) is 2.52. The summed E-state index contributed by atoms with van der Waals surface area (Å²) in [7, 11) is 0. The Morgan fingerprint density at radius 2 is 1.74 bits per heavy atom. The van der Waals surface area contributed by atoms with Crippen LogP contribution in [0.15, 0.2) is 48.8 Å². The Balaban J connectivity index is 1.49. The van der Waals surface area contributed by atoms with Crippen molar-refractivity contribution in [1.82, 2.24) is 20.1 Å². The van der Waals surface area contributed by atoms with Crippen molar-refractivity contribution in [1.29, 1.82) is 0 Å². The summed E-state index contributed by atoms with van der Waals surface area (Å²) in [6.07, 6.45) is 3.59. The fourth-order valence-corrected chi connectivity index (χ4v) is 3.00. The summed E-state index contributed by atoms with van der Waals surface area (Å²) >= 11 is 0. The minimum absolute atomic E-state index is 0.00294. The molecular formula is C17H17N5O. The lowest BCUT2D eigenvalue weighted by molar-refractivity contribution is 0.0742. The van der Waals surface area contributed by atoms with Crippen LogP contribution in [-0.2, 0) is 0 Å². The normalized spacial score (nSPS) is 15.1. The van der Waals surface area contributed by atoms with Crippen LogP contribution in [0.1, 0.15) is 10.5 Å². The fourth-order valence-electron chi connectivity index (χ4n) is 3.00. The first-order chi connectivity index (χ1) is 11.3. The molecule has 0 aliphatic carbocycles. The largest absolute Gasteiger partial charge is 0.368 e. The fraction of sp³-hybridized carbons (Fsp3) is 0.235. The number of nitrogens with zero attached hydrogens (tertiary/aromatic N) is 4. The average molecular weight is 307 g/mol. The smallest absolute Gasteiger partial charge is 0.275 e. The molecule has 0 bridgehead atoms. The van der Waals surface area contributed by atoms with Crippen molar-refractivity contribution < 1.29 is 4.79 Å². The Hall–Kier alpha value is -2.89. The zero-order valence-electron chi connectivity index (χ0n) is 12.6. The second-order valence-electron chi connectivity index (χ2n) is 5.60. The lowest BCUT2D eigenvalue weighted by atomic mass is 10.2. The maximum Gasteiger partial charge on any atom is 0.275 e. The molecular weight excluding hydrogens is 290 g/mol. The van der Waals surface area contributed by atoms with Crippen molar-refractivity contribution in [2.24, 2.45) is 0 Å². The average Bonchev–Trinajstić information content (AvgIpc) is 3.06. The molecule has 1 N–H and O–H groups in total. The van der Waals surface area contributed by atoms with Gasteiger partial charge in [0.05, 0.1) is 5.52 Å². The molecule has 0 radical (unpaired) electrons. The highest BCUT2D eigenvalue weighted by molar-refractivity contribution is 6.04. The summed E-state index contributed by atoms with van der Waals surface area (Å²) in [6.45, 7) is 3.03. The predicted octanol–water partition coefficient (Wildman–Crippen LogP) is 1.92. The number of piperazine rings is 1. The summed E-state index contributed by atoms with van der Waals surface area (Å²) in [5, 5.41) is 8.02. The first-order valence-electron chi connectivity index (χ1n) is 7.70. The van der Waals surface area contributed by atoms with Gasteiger partial charge in [-0.3, -0.25) is 14.9 Å². The summed E-state index contributed by atoms with van der Waals surface area (Å²) in [5.74, 6) is -0.00294. The van der Waals surface area contributed by atoms with E-state index in [-0.39, 0.29) is 5.91 Å². The number of H-pyrrole nitrogens is 1. The van der Waals surface area contributed by atoms with Crippen molar-refractivity contribution in [3.05, 3.63) is 54.5 Å². The van der Waals surface area contributed by atoms with Crippen LogP contribution in [-0.4, -0.2) is 52.2 Å². The predicted molar refractivity (Wildman–Crippen MR) is 88.4 cm³/mol. The number of carbonyl (C=O) groups excluding carboxylic acids is 1. The number of anilines is 1. The number of nitrogens with one attached hydrogen (secondary N) is 1. The number of hydrogen-bond donors (Lipinski definition) is 1. The number of carbonyl (C=O) groups is 1. The molecule has 1 saturated heterocycles. The first kappa shape index (κ1) is 13.8. The van der Waals surface area contributed by atoms with E-state index < -0.39 is 0 Å². The number of amides is 1. The van der Waals surface area contributed by atoms with Gasteiger partial charge in [-0.2, -0.15) is 5.10 Å². The summed E-state index contributed by atoms with van der Waals surface area (Å²) < 4.78 is 0. The summed E-state index contributed by atoms with van der Waals surface area (Å²) in [5.41, 5.74) is 2.56. The van der Waals surface area contributed by atoms with E-state index in [1.165, 1.54) is 0 Å². The lowest BCUT2D eigenvalue weighted by Crippen LogP contribution is -2.48. The minimum Gasteiger partial charge on any atom is -0.368 e. The maximum atomic E-state index is 12.7. The zero-order valence-corrected chi connectivity index (χ0v) is 12.6. The van der Waals surface area contributed by atoms with Gasteiger partial charge in [-0.15, -0.1) is 0 Å². The minimum atomic E-state index is -0.00294. The van der Waals surface area contributed by atoms with Crippen molar-refractivity contribution in [2.45, 2.75) is 0 Å². The molecule has 3 aromatic rings. The standard InChI is InChI=1S/C17H17N5O/c23-17(16-14-3-1-2-4-15(14)19-20-16)22-11-9-21(10-12-22)13-5-7-18-8-6-13/h1-8H,9-12H2,(H,19,20). The molecule has 0 spiro atoms. The van der Waals surface area contributed by atoms with Gasteiger partial charge >= 0.3 is 0 Å². The molecule has 0 atom stereocenters. The van der Waals surface area contributed by atoms with Crippen LogP contribution in [0.2, 0.25) is 0 Å². The van der Waals surface area contributed by atoms with Crippen molar-refractivity contribution in [3.8, 4) is 0 Å². The molecule has 0 unspecified atom stereocenters. The second kappa shape index (κ2) is 5.72. The number of hydrogen-bond acceptors (Lipinski definition) is 4. The Kier molecular flexibility index (Phi) is 3.42. The number of aromatic nitrogens is 3. The highest BCUT2D eigenvalue weighted by atomic mass is 16.2. The molecule has 1 amide bonds. The van der Waals surface area contributed by atoms with Crippen LogP contribution in [0.3, 0.4) is 0 Å². The van der Waals surface area contributed by atoms with E-state index in [9.17, 15) is 4.79 Å². The summed E-state index contributed by atoms with van der Waals surface area (Å²) in [6, 6.07) is 11.7. The highest BCUT2D eigenvalue weighted by Gasteiger charge is 2.25. The Morgan fingerprint density at radius 3 is 2.52 bits per heavy atom. The van der Waals surface area contributed by atoms with Gasteiger partial charge in [-0.1, -0.05) is 18.2 Å². The molecule has 1 aromatic carbocycles. The third-order valence-corrected chi connectivity index (χ3v) is 4.27. The number of aromatic amines is 1. The van der Waals surface area contributed by atoms with Crippen LogP contribution >= 0.6 is 0 Å². The van der Waals surface area contributed by atoms with Crippen LogP contribution in [0.4, 0.5) is 5.69 Å². The number of fused-ring (bicyclic) bond motifs is 1. The Bertz CT molecular complexity index is 821. The van der Waals surface area contributed by atoms with E-state index in [4.69, 9.17) is 0 Å². The Morgan fingerprint density at radius 1 is 1.00 bits per heavy atom. The van der Waals surface area contributed by atoms with Gasteiger partial charge in [0.25, 0.3) is 5.91 Å². The van der Waals surface area contributed by atoms with Gasteiger partial charge in [-0.05, 0) is 18.2 Å². The zero-order chi connectivity index (χ0) is 15.6. The molecule has 6 nitrogen and oxygen atoms in total. The van der Waals surface area contributed by atoms with Gasteiger partial charge in [0.1, 0.15) is 0 Å².